The first kappa shape index (κ1) is 18.2. The van der Waals surface area contributed by atoms with E-state index >= 15 is 0 Å². The molecule has 0 saturated carbocycles. The summed E-state index contributed by atoms with van der Waals surface area (Å²) in [5, 5.41) is 23.9. The Morgan fingerprint density at radius 3 is 2.21 bits per heavy atom. The third-order valence-electron chi connectivity index (χ3n) is 4.31. The van der Waals surface area contributed by atoms with Crippen LogP contribution in [0.25, 0.3) is 21.9 Å². The minimum atomic E-state index is -1.18. The maximum Gasteiger partial charge on any atom is 0.339 e. The molecule has 0 aliphatic heterocycles. The molecule has 0 fully saturated rings. The van der Waals surface area contributed by atoms with Gasteiger partial charge in [-0.25, -0.2) is 9.59 Å². The van der Waals surface area contributed by atoms with Crippen LogP contribution >= 0.6 is 23.2 Å². The molecule has 4 rings (SSSR count). The Labute approximate surface area is 167 Å². The average molecular weight is 416 g/mol. The van der Waals surface area contributed by atoms with E-state index in [1.54, 1.807) is 36.4 Å². The summed E-state index contributed by atoms with van der Waals surface area (Å²) in [4.78, 5) is 23.2. The summed E-state index contributed by atoms with van der Waals surface area (Å²) in [7, 11) is 0. The standard InChI is InChI=1S/C20H11Cl2NO5/c21-9-4-6-14(13(22)8-9)23-15-7-5-12(20(26)27)18-16(15)10-2-1-3-11(19(24)25)17(10)28-18/h1-8,23H,(H,24,25)(H,26,27). The van der Waals surface area contributed by atoms with E-state index in [1.807, 2.05) is 0 Å². The van der Waals surface area contributed by atoms with Gasteiger partial charge in [-0.3, -0.25) is 0 Å². The molecule has 0 spiro atoms. The van der Waals surface area contributed by atoms with E-state index in [0.717, 1.165) is 0 Å². The molecule has 0 saturated heterocycles. The van der Waals surface area contributed by atoms with Gasteiger partial charge in [0.1, 0.15) is 16.7 Å². The number of fused-ring (bicyclic) bond motifs is 3. The van der Waals surface area contributed by atoms with Crippen LogP contribution in [0.3, 0.4) is 0 Å². The van der Waals surface area contributed by atoms with Crippen LogP contribution in [0, 0.1) is 0 Å². The van der Waals surface area contributed by atoms with Gasteiger partial charge < -0.3 is 19.9 Å². The van der Waals surface area contributed by atoms with Crippen LogP contribution < -0.4 is 5.32 Å². The van der Waals surface area contributed by atoms with E-state index in [9.17, 15) is 19.8 Å². The smallest absolute Gasteiger partial charge is 0.339 e. The Hall–Kier alpha value is -3.22. The second kappa shape index (κ2) is 6.74. The van der Waals surface area contributed by atoms with Crippen LogP contribution in [0.1, 0.15) is 20.7 Å². The van der Waals surface area contributed by atoms with Crippen LogP contribution in [-0.2, 0) is 0 Å². The minimum Gasteiger partial charge on any atom is -0.478 e. The van der Waals surface area contributed by atoms with Crippen molar-refractivity contribution in [2.45, 2.75) is 0 Å². The zero-order valence-corrected chi connectivity index (χ0v) is 15.5. The number of carboxylic acids is 2. The molecule has 0 aliphatic rings. The summed E-state index contributed by atoms with van der Waals surface area (Å²) < 4.78 is 5.71. The van der Waals surface area contributed by atoms with E-state index in [0.29, 0.717) is 32.2 Å². The summed E-state index contributed by atoms with van der Waals surface area (Å²) in [6.45, 7) is 0. The summed E-state index contributed by atoms with van der Waals surface area (Å²) in [6, 6.07) is 12.5. The van der Waals surface area contributed by atoms with Gasteiger partial charge in [-0.2, -0.15) is 0 Å². The molecule has 28 heavy (non-hydrogen) atoms. The minimum absolute atomic E-state index is 0.0551. The quantitative estimate of drug-likeness (QED) is 0.376. The number of hydrogen-bond donors (Lipinski definition) is 3. The van der Waals surface area contributed by atoms with Gasteiger partial charge in [-0.15, -0.1) is 0 Å². The fourth-order valence-corrected chi connectivity index (χ4v) is 3.53. The largest absolute Gasteiger partial charge is 0.478 e. The van der Waals surface area contributed by atoms with Crippen LogP contribution in [0.5, 0.6) is 0 Å². The predicted octanol–water partition coefficient (Wildman–Crippen LogP) is 6.03. The summed E-state index contributed by atoms with van der Waals surface area (Å²) >= 11 is 12.2. The highest BCUT2D eigenvalue weighted by Crippen LogP contribution is 2.40. The number of rotatable bonds is 4. The monoisotopic (exact) mass is 415 g/mol. The van der Waals surface area contributed by atoms with Crippen molar-refractivity contribution in [3.05, 3.63) is 69.7 Å². The van der Waals surface area contributed by atoms with Crippen molar-refractivity contribution in [3.63, 3.8) is 0 Å². The third-order valence-corrected chi connectivity index (χ3v) is 4.86. The SMILES string of the molecule is O=C(O)c1cccc2c1oc1c(C(=O)O)ccc(Nc3ccc(Cl)cc3Cl)c12. The fourth-order valence-electron chi connectivity index (χ4n) is 3.08. The lowest BCUT2D eigenvalue weighted by Gasteiger charge is -2.11. The molecule has 0 amide bonds. The number of halogens is 2. The van der Waals surface area contributed by atoms with Crippen molar-refractivity contribution >= 4 is 68.5 Å². The van der Waals surface area contributed by atoms with Gasteiger partial charge in [0.15, 0.2) is 5.58 Å². The Kier molecular flexibility index (Phi) is 4.37. The number of hydrogen-bond acceptors (Lipinski definition) is 4. The molecule has 4 aromatic rings. The van der Waals surface area contributed by atoms with Crippen molar-refractivity contribution in [3.8, 4) is 0 Å². The van der Waals surface area contributed by atoms with Crippen molar-refractivity contribution < 1.29 is 24.2 Å². The first-order valence-electron chi connectivity index (χ1n) is 8.03. The number of carbonyl (C=O) groups is 2. The summed E-state index contributed by atoms with van der Waals surface area (Å²) in [5.41, 5.74) is 1.12. The Bertz CT molecular complexity index is 1280. The Balaban J connectivity index is 2.03. The number of furan rings is 1. The Morgan fingerprint density at radius 1 is 0.857 bits per heavy atom. The number of nitrogens with one attached hydrogen (secondary N) is 1. The topological polar surface area (TPSA) is 99.8 Å². The number of benzene rings is 3. The molecule has 3 N–H and O–H groups in total. The highest BCUT2D eigenvalue weighted by molar-refractivity contribution is 6.36. The number of anilines is 2. The van der Waals surface area contributed by atoms with Gasteiger partial charge in [0.25, 0.3) is 0 Å². The van der Waals surface area contributed by atoms with Gasteiger partial charge in [0.2, 0.25) is 0 Å². The van der Waals surface area contributed by atoms with Gasteiger partial charge in [-0.1, -0.05) is 35.3 Å². The zero-order valence-electron chi connectivity index (χ0n) is 14.0. The van der Waals surface area contributed by atoms with Crippen molar-refractivity contribution in [2.75, 3.05) is 5.32 Å². The van der Waals surface area contributed by atoms with E-state index in [4.69, 9.17) is 27.6 Å². The zero-order chi connectivity index (χ0) is 20.0. The number of para-hydroxylation sites is 1. The molecule has 8 heteroatoms. The van der Waals surface area contributed by atoms with E-state index in [2.05, 4.69) is 5.32 Å². The van der Waals surface area contributed by atoms with Gasteiger partial charge >= 0.3 is 11.9 Å². The van der Waals surface area contributed by atoms with Gasteiger partial charge in [0.05, 0.1) is 21.8 Å². The molecule has 0 atom stereocenters. The summed E-state index contributed by atoms with van der Waals surface area (Å²) in [6.07, 6.45) is 0. The van der Waals surface area contributed by atoms with Crippen molar-refractivity contribution in [2.24, 2.45) is 0 Å². The van der Waals surface area contributed by atoms with Crippen LogP contribution in [0.15, 0.2) is 52.9 Å². The number of aromatic carboxylic acids is 2. The molecule has 0 bridgehead atoms. The van der Waals surface area contributed by atoms with E-state index < -0.39 is 11.9 Å². The molecule has 0 aliphatic carbocycles. The van der Waals surface area contributed by atoms with Gasteiger partial charge in [-0.05, 0) is 36.4 Å². The maximum atomic E-state index is 11.6. The third kappa shape index (κ3) is 2.93. The van der Waals surface area contributed by atoms with Crippen LogP contribution in [0.4, 0.5) is 11.4 Å². The molecule has 1 aromatic heterocycles. The molecular weight excluding hydrogens is 405 g/mol. The summed E-state index contributed by atoms with van der Waals surface area (Å²) in [5.74, 6) is -2.35. The molecule has 1 heterocycles. The molecule has 140 valence electrons. The second-order valence-corrected chi connectivity index (χ2v) is 6.85. The predicted molar refractivity (Wildman–Crippen MR) is 107 cm³/mol. The maximum absolute atomic E-state index is 11.6. The first-order valence-corrected chi connectivity index (χ1v) is 8.79. The highest BCUT2D eigenvalue weighted by atomic mass is 35.5. The average Bonchev–Trinajstić information content (AvgIpc) is 3.03. The lowest BCUT2D eigenvalue weighted by Crippen LogP contribution is -1.98. The molecule has 0 unspecified atom stereocenters. The van der Waals surface area contributed by atoms with Crippen molar-refractivity contribution in [1.82, 2.24) is 0 Å². The number of carboxylic acid groups (broad SMARTS) is 2. The normalized spacial score (nSPS) is 11.1. The van der Waals surface area contributed by atoms with Crippen LogP contribution in [0.2, 0.25) is 10.0 Å². The molecule has 3 aromatic carbocycles. The first-order chi connectivity index (χ1) is 13.4. The lowest BCUT2D eigenvalue weighted by molar-refractivity contribution is 0.0688. The van der Waals surface area contributed by atoms with Gasteiger partial charge in [0, 0.05) is 10.4 Å². The Morgan fingerprint density at radius 2 is 1.54 bits per heavy atom. The second-order valence-electron chi connectivity index (χ2n) is 6.01. The van der Waals surface area contributed by atoms with Crippen LogP contribution in [-0.4, -0.2) is 22.2 Å². The van der Waals surface area contributed by atoms with E-state index in [-0.39, 0.29) is 22.3 Å². The van der Waals surface area contributed by atoms with E-state index in [1.165, 1.54) is 12.1 Å². The highest BCUT2D eigenvalue weighted by Gasteiger charge is 2.22. The molecule has 0 radical (unpaired) electrons. The fraction of sp³-hybridized carbons (Fsp3) is 0. The lowest BCUT2D eigenvalue weighted by atomic mass is 10.0. The van der Waals surface area contributed by atoms with Crippen molar-refractivity contribution in [1.29, 1.82) is 0 Å². The molecular formula is C20H11Cl2NO5. The molecule has 6 nitrogen and oxygen atoms in total.